The molecule has 0 fully saturated rings. The number of terminal acetylenes is 1. The molecule has 0 aliphatic rings. The molecule has 6 nitrogen and oxygen atoms in total. The minimum atomic E-state index is 0. The van der Waals surface area contributed by atoms with Crippen molar-refractivity contribution in [2.45, 2.75) is 64.8 Å². The second-order valence-electron chi connectivity index (χ2n) is 6.02. The molecule has 0 aliphatic carbocycles. The largest absolute Gasteiger partial charge is 0.423 e. The van der Waals surface area contributed by atoms with Gasteiger partial charge in [-0.05, 0) is 18.4 Å². The first-order chi connectivity index (χ1) is 13.8. The number of aromatic nitrogens is 2. The standard InChI is InChI=1S/C19H27N3O2.C2H2.CH4O.V/c1-2-3-4-5-9-12-17(23)20-15-19-22-21-18(24-19)14-13-16-10-7-6-8-11-16;2*1-2;/h6-8,10-11H,2-5,9,12-15H2,1H3,(H,20,23);1-2H;2H,1H3;. The van der Waals surface area contributed by atoms with Gasteiger partial charge in [0.05, 0.1) is 6.54 Å². The van der Waals surface area contributed by atoms with Gasteiger partial charge in [-0.15, -0.1) is 23.0 Å². The van der Waals surface area contributed by atoms with Gasteiger partial charge in [0.15, 0.2) is 0 Å². The van der Waals surface area contributed by atoms with E-state index in [1.54, 1.807) is 0 Å². The molecule has 2 aromatic rings. The van der Waals surface area contributed by atoms with E-state index in [1.165, 1.54) is 24.8 Å². The number of aryl methyl sites for hydroxylation is 2. The number of carbonyl (C=O) groups excluding carboxylic acids is 1. The molecule has 29 heavy (non-hydrogen) atoms. The Morgan fingerprint density at radius 3 is 2.28 bits per heavy atom. The van der Waals surface area contributed by atoms with E-state index in [-0.39, 0.29) is 24.5 Å². The summed E-state index contributed by atoms with van der Waals surface area (Å²) < 4.78 is 5.58. The van der Waals surface area contributed by atoms with Crippen molar-refractivity contribution in [1.29, 1.82) is 0 Å². The van der Waals surface area contributed by atoms with E-state index in [1.807, 2.05) is 18.2 Å². The Morgan fingerprint density at radius 1 is 1.00 bits per heavy atom. The summed E-state index contributed by atoms with van der Waals surface area (Å²) in [7, 11) is 1.00. The van der Waals surface area contributed by atoms with Crippen LogP contribution in [-0.4, -0.2) is 28.3 Å². The van der Waals surface area contributed by atoms with Crippen LogP contribution >= 0.6 is 0 Å². The van der Waals surface area contributed by atoms with Gasteiger partial charge in [0.1, 0.15) is 0 Å². The molecule has 0 atom stereocenters. The van der Waals surface area contributed by atoms with Crippen LogP contribution in [0.4, 0.5) is 0 Å². The number of nitrogens with one attached hydrogen (secondary N) is 1. The number of rotatable bonds is 11. The maximum atomic E-state index is 11.8. The fraction of sp³-hybridized carbons (Fsp3) is 0.500. The van der Waals surface area contributed by atoms with Crippen molar-refractivity contribution < 1.29 is 32.9 Å². The van der Waals surface area contributed by atoms with Crippen LogP contribution in [0.5, 0.6) is 0 Å². The smallest absolute Gasteiger partial charge is 0.235 e. The average Bonchev–Trinajstić information content (AvgIpc) is 3.22. The summed E-state index contributed by atoms with van der Waals surface area (Å²) >= 11 is 0. The van der Waals surface area contributed by atoms with E-state index in [9.17, 15) is 4.79 Å². The number of benzene rings is 1. The Labute approximate surface area is 186 Å². The summed E-state index contributed by atoms with van der Waals surface area (Å²) in [6.07, 6.45) is 15.9. The van der Waals surface area contributed by atoms with Gasteiger partial charge < -0.3 is 14.8 Å². The van der Waals surface area contributed by atoms with Gasteiger partial charge >= 0.3 is 0 Å². The maximum absolute atomic E-state index is 11.8. The molecule has 1 aromatic carbocycles. The molecule has 0 saturated heterocycles. The third kappa shape index (κ3) is 14.6. The van der Waals surface area contributed by atoms with E-state index >= 15 is 0 Å². The number of carbonyl (C=O) groups is 1. The van der Waals surface area contributed by atoms with E-state index in [2.05, 4.69) is 47.4 Å². The molecular weight excluding hydrogens is 405 g/mol. The predicted molar refractivity (Wildman–Crippen MR) is 111 cm³/mol. The number of aliphatic hydroxyl groups is 1. The monoisotopic (exact) mass is 438 g/mol. The van der Waals surface area contributed by atoms with Crippen molar-refractivity contribution in [2.75, 3.05) is 7.11 Å². The van der Waals surface area contributed by atoms with Gasteiger partial charge in [-0.3, -0.25) is 4.79 Å². The normalized spacial score (nSPS) is 9.14. The predicted octanol–water partition coefficient (Wildman–Crippen LogP) is 3.69. The topological polar surface area (TPSA) is 88.3 Å². The van der Waals surface area contributed by atoms with Crippen molar-refractivity contribution >= 4 is 5.91 Å². The maximum Gasteiger partial charge on any atom is 0.235 e. The summed E-state index contributed by atoms with van der Waals surface area (Å²) in [5.74, 6) is 1.13. The number of aliphatic hydroxyl groups excluding tert-OH is 1. The number of unbranched alkanes of at least 4 members (excludes halogenated alkanes) is 4. The van der Waals surface area contributed by atoms with Crippen molar-refractivity contribution in [2.24, 2.45) is 0 Å². The molecule has 0 bridgehead atoms. The van der Waals surface area contributed by atoms with Crippen LogP contribution in [0.25, 0.3) is 0 Å². The first kappa shape index (κ1) is 29.1. The van der Waals surface area contributed by atoms with Crippen molar-refractivity contribution in [3.63, 3.8) is 0 Å². The average molecular weight is 438 g/mol. The van der Waals surface area contributed by atoms with Crippen LogP contribution in [0.1, 0.15) is 62.8 Å². The van der Waals surface area contributed by atoms with Crippen molar-refractivity contribution in [3.8, 4) is 12.8 Å². The SMILES string of the molecule is C#C.CCCCCCCC(=O)NCc1nnc(CCc2ccccc2)o1.CO.[V]. The van der Waals surface area contributed by atoms with Gasteiger partial charge in [-0.2, -0.15) is 0 Å². The molecule has 7 heteroatoms. The quantitative estimate of drug-likeness (QED) is 0.413. The molecule has 1 amide bonds. The fourth-order valence-corrected chi connectivity index (χ4v) is 2.51. The van der Waals surface area contributed by atoms with E-state index in [4.69, 9.17) is 9.52 Å². The second kappa shape index (κ2) is 20.7. The van der Waals surface area contributed by atoms with E-state index in [0.29, 0.717) is 31.2 Å². The second-order valence-corrected chi connectivity index (χ2v) is 6.02. The third-order valence-electron chi connectivity index (χ3n) is 3.92. The van der Waals surface area contributed by atoms with Gasteiger partial charge in [0.2, 0.25) is 17.7 Å². The molecule has 1 radical (unpaired) electrons. The van der Waals surface area contributed by atoms with Crippen LogP contribution in [0, 0.1) is 12.8 Å². The molecule has 2 N–H and O–H groups in total. The number of nitrogens with zero attached hydrogens (tertiary/aromatic N) is 2. The van der Waals surface area contributed by atoms with Crippen LogP contribution in [-0.2, 0) is 42.7 Å². The summed E-state index contributed by atoms with van der Waals surface area (Å²) in [6.45, 7) is 2.50. The number of amides is 1. The molecular formula is C22H33N3O3V. The molecule has 0 unspecified atom stereocenters. The number of hydrogen-bond donors (Lipinski definition) is 2. The first-order valence-corrected chi connectivity index (χ1v) is 9.68. The summed E-state index contributed by atoms with van der Waals surface area (Å²) in [5.41, 5.74) is 1.24. The molecule has 1 aromatic heterocycles. The van der Waals surface area contributed by atoms with Gasteiger partial charge in [-0.25, -0.2) is 0 Å². The zero-order chi connectivity index (χ0) is 21.0. The Balaban J connectivity index is 0. The number of hydrogen-bond acceptors (Lipinski definition) is 5. The molecule has 0 spiro atoms. The van der Waals surface area contributed by atoms with Gasteiger partial charge in [0.25, 0.3) is 0 Å². The minimum absolute atomic E-state index is 0. The third-order valence-corrected chi connectivity index (χ3v) is 3.92. The van der Waals surface area contributed by atoms with E-state index < -0.39 is 0 Å². The molecule has 159 valence electrons. The van der Waals surface area contributed by atoms with Crippen LogP contribution < -0.4 is 5.32 Å². The summed E-state index contributed by atoms with van der Waals surface area (Å²) in [4.78, 5) is 11.8. The molecule has 0 saturated carbocycles. The fourth-order valence-electron chi connectivity index (χ4n) is 2.51. The molecule has 2 rings (SSSR count). The van der Waals surface area contributed by atoms with Crippen LogP contribution in [0.15, 0.2) is 34.7 Å². The Morgan fingerprint density at radius 2 is 1.62 bits per heavy atom. The molecule has 1 heterocycles. The Hall–Kier alpha value is -2.07. The van der Waals surface area contributed by atoms with Gasteiger partial charge in [-0.1, -0.05) is 62.9 Å². The summed E-state index contributed by atoms with van der Waals surface area (Å²) in [5, 5.41) is 17.9. The zero-order valence-electron chi connectivity index (χ0n) is 17.5. The van der Waals surface area contributed by atoms with Crippen molar-refractivity contribution in [3.05, 3.63) is 47.7 Å². The van der Waals surface area contributed by atoms with Crippen molar-refractivity contribution in [1.82, 2.24) is 15.5 Å². The first-order valence-electron chi connectivity index (χ1n) is 9.68. The Kier molecular flexibility index (Phi) is 20.8. The Bertz CT molecular complexity index is 645. The zero-order valence-corrected chi connectivity index (χ0v) is 18.9. The van der Waals surface area contributed by atoms with Gasteiger partial charge in [0, 0.05) is 38.5 Å². The van der Waals surface area contributed by atoms with Crippen LogP contribution in [0.3, 0.4) is 0 Å². The van der Waals surface area contributed by atoms with E-state index in [0.717, 1.165) is 26.4 Å². The molecule has 0 aliphatic heterocycles. The minimum Gasteiger partial charge on any atom is -0.423 e. The summed E-state index contributed by atoms with van der Waals surface area (Å²) in [6, 6.07) is 10.2. The van der Waals surface area contributed by atoms with Crippen LogP contribution in [0.2, 0.25) is 0 Å².